The van der Waals surface area contributed by atoms with Gasteiger partial charge in [0.15, 0.2) is 10.9 Å². The van der Waals surface area contributed by atoms with E-state index >= 15 is 0 Å². The maximum Gasteiger partial charge on any atom is 0.311 e. The molecular formula is C19H17N3O4S. The lowest BCUT2D eigenvalue weighted by molar-refractivity contribution is -0.385. The molecule has 7 nitrogen and oxygen atoms in total. The fourth-order valence-electron chi connectivity index (χ4n) is 2.56. The van der Waals surface area contributed by atoms with Gasteiger partial charge in [0.1, 0.15) is 0 Å². The average molecular weight is 383 g/mol. The lowest BCUT2D eigenvalue weighted by atomic mass is 10.1. The Bertz CT molecular complexity index is 955. The first-order valence-electron chi connectivity index (χ1n) is 8.21. The first-order valence-corrected chi connectivity index (χ1v) is 9.02. The summed E-state index contributed by atoms with van der Waals surface area (Å²) in [5.74, 6) is -0.622. The molecule has 0 spiro atoms. The maximum atomic E-state index is 12.8. The Morgan fingerprint density at radius 1 is 1.22 bits per heavy atom. The highest BCUT2D eigenvalue weighted by molar-refractivity contribution is 8.18. The van der Waals surface area contributed by atoms with E-state index in [2.05, 4.69) is 4.99 Å². The molecule has 0 bridgehead atoms. The van der Waals surface area contributed by atoms with Crippen LogP contribution in [-0.2, 0) is 4.79 Å². The largest absolute Gasteiger partial charge is 0.502 e. The number of amidine groups is 1. The van der Waals surface area contributed by atoms with Crippen LogP contribution in [0, 0.1) is 10.1 Å². The molecule has 138 valence electrons. The van der Waals surface area contributed by atoms with Crippen LogP contribution >= 0.6 is 11.8 Å². The number of hydrogen-bond donors (Lipinski definition) is 1. The zero-order chi connectivity index (χ0) is 19.6. The maximum absolute atomic E-state index is 12.8. The van der Waals surface area contributed by atoms with Crippen LogP contribution in [0.2, 0.25) is 0 Å². The molecule has 1 aliphatic heterocycles. The van der Waals surface area contributed by atoms with Crippen LogP contribution in [0.25, 0.3) is 6.08 Å². The molecular weight excluding hydrogens is 366 g/mol. The summed E-state index contributed by atoms with van der Waals surface area (Å²) < 4.78 is 0. The Morgan fingerprint density at radius 2 is 1.93 bits per heavy atom. The smallest absolute Gasteiger partial charge is 0.311 e. The highest BCUT2D eigenvalue weighted by Crippen LogP contribution is 2.36. The Kier molecular flexibility index (Phi) is 5.27. The minimum absolute atomic E-state index is 0.0903. The van der Waals surface area contributed by atoms with Gasteiger partial charge in [0.2, 0.25) is 0 Å². The molecule has 0 radical (unpaired) electrons. The number of amides is 1. The van der Waals surface area contributed by atoms with Crippen LogP contribution in [0.3, 0.4) is 0 Å². The molecule has 0 aliphatic carbocycles. The van der Waals surface area contributed by atoms with Gasteiger partial charge in [0.05, 0.1) is 15.5 Å². The fourth-order valence-corrected chi connectivity index (χ4v) is 3.68. The molecule has 0 atom stereocenters. The van der Waals surface area contributed by atoms with E-state index in [0.29, 0.717) is 15.6 Å². The molecule has 2 aromatic carbocycles. The summed E-state index contributed by atoms with van der Waals surface area (Å²) >= 11 is 1.22. The lowest BCUT2D eigenvalue weighted by Crippen LogP contribution is -2.35. The average Bonchev–Trinajstić information content (AvgIpc) is 2.92. The molecule has 1 fully saturated rings. The normalized spacial score (nSPS) is 17.3. The van der Waals surface area contributed by atoms with Gasteiger partial charge >= 0.3 is 5.69 Å². The van der Waals surface area contributed by atoms with Crippen molar-refractivity contribution in [3.05, 3.63) is 69.1 Å². The van der Waals surface area contributed by atoms with Crippen LogP contribution in [-0.4, -0.2) is 32.0 Å². The predicted octanol–water partition coefficient (Wildman–Crippen LogP) is 4.31. The molecule has 0 saturated carbocycles. The summed E-state index contributed by atoms with van der Waals surface area (Å²) in [6, 6.07) is 13.2. The van der Waals surface area contributed by atoms with E-state index in [4.69, 9.17) is 0 Å². The number of rotatable bonds is 4. The van der Waals surface area contributed by atoms with Crippen molar-refractivity contribution in [2.75, 3.05) is 0 Å². The summed E-state index contributed by atoms with van der Waals surface area (Å²) in [4.78, 5) is 29.7. The summed E-state index contributed by atoms with van der Waals surface area (Å²) in [7, 11) is 0. The van der Waals surface area contributed by atoms with Crippen LogP contribution in [0.1, 0.15) is 19.4 Å². The number of nitro groups is 1. The number of phenols is 1. The molecule has 0 unspecified atom stereocenters. The number of hydrogen-bond acceptors (Lipinski definition) is 6. The first-order chi connectivity index (χ1) is 12.9. The molecule has 1 heterocycles. The monoisotopic (exact) mass is 383 g/mol. The number of carbonyl (C=O) groups excluding carboxylic acids is 1. The van der Waals surface area contributed by atoms with Crippen LogP contribution < -0.4 is 0 Å². The summed E-state index contributed by atoms with van der Waals surface area (Å²) in [6.07, 6.45) is 1.57. The second-order valence-corrected chi connectivity index (χ2v) is 7.12. The van der Waals surface area contributed by atoms with Gasteiger partial charge in [-0.15, -0.1) is 0 Å². The van der Waals surface area contributed by atoms with Gasteiger partial charge in [0, 0.05) is 12.1 Å². The van der Waals surface area contributed by atoms with Crippen molar-refractivity contribution < 1.29 is 14.8 Å². The van der Waals surface area contributed by atoms with Crippen LogP contribution in [0.15, 0.2) is 58.4 Å². The molecule has 27 heavy (non-hydrogen) atoms. The van der Waals surface area contributed by atoms with Gasteiger partial charge in [0.25, 0.3) is 5.91 Å². The Labute approximate surface area is 160 Å². The molecule has 3 rings (SSSR count). The molecule has 1 N–H and O–H groups in total. The molecule has 1 amide bonds. The Morgan fingerprint density at radius 3 is 2.56 bits per heavy atom. The quantitative estimate of drug-likeness (QED) is 0.482. The lowest BCUT2D eigenvalue weighted by Gasteiger charge is -2.19. The second kappa shape index (κ2) is 7.63. The minimum Gasteiger partial charge on any atom is -0.502 e. The highest BCUT2D eigenvalue weighted by atomic mass is 32.2. The zero-order valence-corrected chi connectivity index (χ0v) is 15.5. The minimum atomic E-state index is -0.663. The third-order valence-electron chi connectivity index (χ3n) is 3.83. The number of thioether (sulfide) groups is 1. The van der Waals surface area contributed by atoms with Gasteiger partial charge < -0.3 is 5.11 Å². The number of aliphatic imine (C=N–C) groups is 1. The van der Waals surface area contributed by atoms with Gasteiger partial charge in [-0.25, -0.2) is 4.99 Å². The highest BCUT2D eigenvalue weighted by Gasteiger charge is 2.35. The third-order valence-corrected chi connectivity index (χ3v) is 4.81. The van der Waals surface area contributed by atoms with Crippen LogP contribution in [0.4, 0.5) is 11.4 Å². The molecule has 1 aliphatic rings. The topological polar surface area (TPSA) is 96.0 Å². The number of nitrogens with zero attached hydrogens (tertiary/aromatic N) is 3. The van der Waals surface area contributed by atoms with Gasteiger partial charge in [-0.2, -0.15) is 0 Å². The van der Waals surface area contributed by atoms with Crippen molar-refractivity contribution in [1.29, 1.82) is 0 Å². The molecule has 8 heteroatoms. The number of para-hydroxylation sites is 1. The van der Waals surface area contributed by atoms with E-state index in [1.165, 1.54) is 30.0 Å². The van der Waals surface area contributed by atoms with E-state index in [9.17, 15) is 20.0 Å². The summed E-state index contributed by atoms with van der Waals surface area (Å²) in [5.41, 5.74) is 0.790. The Hall–Kier alpha value is -3.13. The fraction of sp³-hybridized carbons (Fsp3) is 0.158. The van der Waals surface area contributed by atoms with Gasteiger partial charge in [-0.3, -0.25) is 19.8 Å². The molecule has 1 saturated heterocycles. The van der Waals surface area contributed by atoms with Crippen molar-refractivity contribution in [3.8, 4) is 5.75 Å². The third kappa shape index (κ3) is 4.01. The standard InChI is InChI=1S/C19H17N3O4S/c1-12(2)21-18(24)17(27-19(21)20-14-6-4-3-5-7-14)11-13-8-9-16(23)15(10-13)22(25)26/h3-12,23H,1-2H3/b17-11+,20-19?. The van der Waals surface area contributed by atoms with E-state index in [1.807, 2.05) is 44.2 Å². The van der Waals surface area contributed by atoms with Crippen molar-refractivity contribution in [1.82, 2.24) is 4.90 Å². The van der Waals surface area contributed by atoms with Gasteiger partial charge in [-0.1, -0.05) is 24.3 Å². The number of aromatic hydroxyl groups is 1. The number of carbonyl (C=O) groups is 1. The van der Waals surface area contributed by atoms with Gasteiger partial charge in [-0.05, 0) is 55.4 Å². The van der Waals surface area contributed by atoms with E-state index in [0.717, 1.165) is 5.69 Å². The second-order valence-electron chi connectivity index (χ2n) is 6.11. The first kappa shape index (κ1) is 18.7. The summed E-state index contributed by atoms with van der Waals surface area (Å²) in [5, 5.41) is 21.1. The van der Waals surface area contributed by atoms with Crippen molar-refractivity contribution >= 4 is 40.3 Å². The van der Waals surface area contributed by atoms with Crippen LogP contribution in [0.5, 0.6) is 5.75 Å². The summed E-state index contributed by atoms with van der Waals surface area (Å²) in [6.45, 7) is 3.79. The Balaban J connectivity index is 1.99. The van der Waals surface area contributed by atoms with E-state index in [-0.39, 0.29) is 11.9 Å². The van der Waals surface area contributed by atoms with E-state index < -0.39 is 16.4 Å². The molecule has 0 aromatic heterocycles. The van der Waals surface area contributed by atoms with Crippen molar-refractivity contribution in [2.45, 2.75) is 19.9 Å². The number of nitro benzene ring substituents is 1. The van der Waals surface area contributed by atoms with Crippen molar-refractivity contribution in [2.24, 2.45) is 4.99 Å². The van der Waals surface area contributed by atoms with E-state index in [1.54, 1.807) is 11.0 Å². The van der Waals surface area contributed by atoms with Crippen molar-refractivity contribution in [3.63, 3.8) is 0 Å². The number of phenolic OH excluding ortho intramolecular Hbond substituents is 1. The predicted molar refractivity (Wildman–Crippen MR) is 106 cm³/mol. The number of benzene rings is 2. The molecule has 2 aromatic rings. The zero-order valence-electron chi connectivity index (χ0n) is 14.7. The SMILES string of the molecule is CC(C)N1C(=O)/C(=C\c2ccc(O)c([N+](=O)[O-])c2)SC1=Nc1ccccc1.